The highest BCUT2D eigenvalue weighted by molar-refractivity contribution is 9.10. The van der Waals surface area contributed by atoms with Crippen LogP contribution in [0.4, 0.5) is 8.78 Å². The third-order valence-corrected chi connectivity index (χ3v) is 3.25. The molecule has 0 spiro atoms. The van der Waals surface area contributed by atoms with Crippen LogP contribution in [-0.4, -0.2) is 30.1 Å². The van der Waals surface area contributed by atoms with Gasteiger partial charge in [-0.05, 0) is 34.5 Å². The molecule has 0 aliphatic rings. The predicted octanol–water partition coefficient (Wildman–Crippen LogP) is 2.11. The molecule has 0 saturated heterocycles. The lowest BCUT2D eigenvalue weighted by Crippen LogP contribution is -2.36. The van der Waals surface area contributed by atoms with Crippen LogP contribution in [0, 0.1) is 6.92 Å². The van der Waals surface area contributed by atoms with Gasteiger partial charge in [-0.2, -0.15) is 0 Å². The molecule has 2 N–H and O–H groups in total. The van der Waals surface area contributed by atoms with Gasteiger partial charge in [-0.3, -0.25) is 4.79 Å². The van der Waals surface area contributed by atoms with Gasteiger partial charge in [0.2, 0.25) is 0 Å². The first kappa shape index (κ1) is 14.1. The van der Waals surface area contributed by atoms with Gasteiger partial charge in [-0.25, -0.2) is 8.78 Å². The fourth-order valence-corrected chi connectivity index (χ4v) is 1.65. The number of hydrogen-bond acceptors (Lipinski definition) is 2. The fourth-order valence-electron chi connectivity index (χ4n) is 1.20. The van der Waals surface area contributed by atoms with E-state index < -0.39 is 25.0 Å². The maximum absolute atomic E-state index is 12.0. The molecule has 1 rings (SSSR count). The average molecular weight is 308 g/mol. The topological polar surface area (TPSA) is 49.3 Å². The number of benzene rings is 1. The monoisotopic (exact) mass is 307 g/mol. The second-order valence-corrected chi connectivity index (χ2v) is 4.34. The third kappa shape index (κ3) is 3.74. The minimum Gasteiger partial charge on any atom is -0.385 e. The summed E-state index contributed by atoms with van der Waals surface area (Å²) in [6.07, 6.45) is -4.71. The molecule has 0 fully saturated rings. The van der Waals surface area contributed by atoms with Crippen molar-refractivity contribution in [3.05, 3.63) is 33.8 Å². The highest BCUT2D eigenvalue weighted by atomic mass is 79.9. The lowest BCUT2D eigenvalue weighted by molar-refractivity contribution is -0.00270. The molecule has 0 aromatic heterocycles. The molecule has 1 atom stereocenters. The number of aliphatic hydroxyl groups excluding tert-OH is 1. The number of nitrogens with one attached hydrogen (secondary N) is 1. The zero-order valence-electron chi connectivity index (χ0n) is 9.08. The molecule has 3 nitrogen and oxygen atoms in total. The first-order valence-electron chi connectivity index (χ1n) is 4.93. The molecule has 1 aromatic rings. The molecule has 17 heavy (non-hydrogen) atoms. The summed E-state index contributed by atoms with van der Waals surface area (Å²) in [4.78, 5) is 11.6. The van der Waals surface area contributed by atoms with Crippen molar-refractivity contribution in [3.8, 4) is 0 Å². The number of rotatable bonds is 4. The van der Waals surface area contributed by atoms with Crippen LogP contribution in [0.3, 0.4) is 0 Å². The van der Waals surface area contributed by atoms with Gasteiger partial charge in [0.05, 0.1) is 5.56 Å². The van der Waals surface area contributed by atoms with E-state index >= 15 is 0 Å². The Bertz CT molecular complexity index is 412. The van der Waals surface area contributed by atoms with Crippen LogP contribution in [-0.2, 0) is 0 Å². The number of carbonyl (C=O) groups is 1. The number of halogens is 3. The van der Waals surface area contributed by atoms with Crippen molar-refractivity contribution in [1.82, 2.24) is 5.32 Å². The highest BCUT2D eigenvalue weighted by Gasteiger charge is 2.18. The van der Waals surface area contributed by atoms with Crippen molar-refractivity contribution in [3.63, 3.8) is 0 Å². The van der Waals surface area contributed by atoms with Crippen molar-refractivity contribution >= 4 is 21.8 Å². The molecule has 1 unspecified atom stereocenters. The Balaban J connectivity index is 2.68. The molecular weight excluding hydrogens is 296 g/mol. The van der Waals surface area contributed by atoms with Gasteiger partial charge in [0, 0.05) is 11.0 Å². The molecule has 0 saturated carbocycles. The Kier molecular flexibility index (Phi) is 5.02. The van der Waals surface area contributed by atoms with Gasteiger partial charge in [0.25, 0.3) is 12.3 Å². The summed E-state index contributed by atoms with van der Waals surface area (Å²) < 4.78 is 24.6. The Morgan fingerprint density at radius 2 is 2.18 bits per heavy atom. The third-order valence-electron chi connectivity index (χ3n) is 2.20. The van der Waals surface area contributed by atoms with Crippen LogP contribution in [0.1, 0.15) is 15.9 Å². The van der Waals surface area contributed by atoms with Gasteiger partial charge in [0.15, 0.2) is 0 Å². The van der Waals surface area contributed by atoms with Crippen LogP contribution in [0.5, 0.6) is 0 Å². The second-order valence-electron chi connectivity index (χ2n) is 3.55. The predicted molar refractivity (Wildman–Crippen MR) is 63.2 cm³/mol. The van der Waals surface area contributed by atoms with E-state index in [2.05, 4.69) is 21.2 Å². The van der Waals surface area contributed by atoms with E-state index in [0.29, 0.717) is 10.0 Å². The highest BCUT2D eigenvalue weighted by Crippen LogP contribution is 2.20. The van der Waals surface area contributed by atoms with Gasteiger partial charge in [-0.1, -0.05) is 12.1 Å². The molecule has 0 aliphatic carbocycles. The average Bonchev–Trinajstić information content (AvgIpc) is 2.29. The smallest absolute Gasteiger partial charge is 0.265 e. The van der Waals surface area contributed by atoms with E-state index in [9.17, 15) is 13.6 Å². The summed E-state index contributed by atoms with van der Waals surface area (Å²) in [5.74, 6) is -0.500. The van der Waals surface area contributed by atoms with Crippen molar-refractivity contribution < 1.29 is 18.7 Å². The van der Waals surface area contributed by atoms with Crippen LogP contribution >= 0.6 is 15.9 Å². The lowest BCUT2D eigenvalue weighted by atomic mass is 10.1. The fraction of sp³-hybridized carbons (Fsp3) is 0.364. The standard InChI is InChI=1S/C11H12BrF2NO2/c1-6-3-2-4-7(9(6)12)11(17)15-5-8(16)10(13)14/h2-4,8,10,16H,5H2,1H3,(H,15,17). The summed E-state index contributed by atoms with van der Waals surface area (Å²) >= 11 is 3.25. The van der Waals surface area contributed by atoms with Crippen molar-refractivity contribution in [2.45, 2.75) is 19.5 Å². The minimum atomic E-state index is -2.86. The Labute approximate surface area is 106 Å². The van der Waals surface area contributed by atoms with E-state index in [4.69, 9.17) is 5.11 Å². The van der Waals surface area contributed by atoms with Crippen LogP contribution in [0.25, 0.3) is 0 Å². The number of amides is 1. The summed E-state index contributed by atoms with van der Waals surface area (Å²) in [6.45, 7) is 1.34. The molecule has 0 heterocycles. The van der Waals surface area contributed by atoms with Gasteiger partial charge < -0.3 is 10.4 Å². The maximum atomic E-state index is 12.0. The maximum Gasteiger partial charge on any atom is 0.265 e. The summed E-state index contributed by atoms with van der Waals surface area (Å²) in [6, 6.07) is 5.08. The van der Waals surface area contributed by atoms with Gasteiger partial charge >= 0.3 is 0 Å². The van der Waals surface area contributed by atoms with Crippen molar-refractivity contribution in [1.29, 1.82) is 0 Å². The summed E-state index contributed by atoms with van der Waals surface area (Å²) in [5.41, 5.74) is 1.22. The number of alkyl halides is 2. The van der Waals surface area contributed by atoms with Gasteiger partial charge in [0.1, 0.15) is 6.10 Å². The normalized spacial score (nSPS) is 12.6. The zero-order valence-corrected chi connectivity index (χ0v) is 10.7. The SMILES string of the molecule is Cc1cccc(C(=O)NCC(O)C(F)F)c1Br. The van der Waals surface area contributed by atoms with Crippen molar-refractivity contribution in [2.24, 2.45) is 0 Å². The molecule has 0 aliphatic heterocycles. The van der Waals surface area contributed by atoms with E-state index in [0.717, 1.165) is 5.56 Å². The van der Waals surface area contributed by atoms with Crippen molar-refractivity contribution in [2.75, 3.05) is 6.54 Å². The van der Waals surface area contributed by atoms with Crippen LogP contribution in [0.2, 0.25) is 0 Å². The zero-order chi connectivity index (χ0) is 13.0. The van der Waals surface area contributed by atoms with E-state index in [-0.39, 0.29) is 0 Å². The molecule has 6 heteroatoms. The first-order chi connectivity index (χ1) is 7.93. The summed E-state index contributed by atoms with van der Waals surface area (Å²) in [7, 11) is 0. The van der Waals surface area contributed by atoms with Gasteiger partial charge in [-0.15, -0.1) is 0 Å². The Morgan fingerprint density at radius 1 is 1.53 bits per heavy atom. The molecule has 1 amide bonds. The quantitative estimate of drug-likeness (QED) is 0.895. The number of hydrogen-bond donors (Lipinski definition) is 2. The van der Waals surface area contributed by atoms with Crippen LogP contribution < -0.4 is 5.32 Å². The van der Waals surface area contributed by atoms with E-state index in [1.54, 1.807) is 12.1 Å². The largest absolute Gasteiger partial charge is 0.385 e. The summed E-state index contributed by atoms with van der Waals surface area (Å²) in [5, 5.41) is 11.1. The van der Waals surface area contributed by atoms with E-state index in [1.807, 2.05) is 13.0 Å². The minimum absolute atomic E-state index is 0.353. The number of aryl methyl sites for hydroxylation is 1. The molecule has 0 bridgehead atoms. The molecular formula is C11H12BrF2NO2. The second kappa shape index (κ2) is 6.07. The Hall–Kier alpha value is -1.01. The lowest BCUT2D eigenvalue weighted by Gasteiger charge is -2.12. The Morgan fingerprint density at radius 3 is 2.76 bits per heavy atom. The molecule has 1 aromatic carbocycles. The molecule has 94 valence electrons. The van der Waals surface area contributed by atoms with E-state index in [1.165, 1.54) is 0 Å². The number of aliphatic hydroxyl groups is 1. The number of carbonyl (C=O) groups excluding carboxylic acids is 1. The first-order valence-corrected chi connectivity index (χ1v) is 5.72. The molecule has 0 radical (unpaired) electrons. The van der Waals surface area contributed by atoms with Crippen LogP contribution in [0.15, 0.2) is 22.7 Å².